The molecule has 0 unspecified atom stereocenters. The molecule has 3 aromatic heterocycles. The Kier molecular flexibility index (Phi) is 2.68. The van der Waals surface area contributed by atoms with Crippen LogP contribution in [0.1, 0.15) is 16.2 Å². The van der Waals surface area contributed by atoms with Crippen molar-refractivity contribution in [1.82, 2.24) is 24.1 Å². The molecule has 6 nitrogen and oxygen atoms in total. The summed E-state index contributed by atoms with van der Waals surface area (Å²) in [4.78, 5) is 20.2. The van der Waals surface area contributed by atoms with Gasteiger partial charge in [-0.2, -0.15) is 5.10 Å². The second-order valence-corrected chi connectivity index (χ2v) is 4.03. The molecular weight excluding hydrogens is 242 g/mol. The SMILES string of the molecule is Cn1nccc1/C=C/C(=O)c1cnc2cnccn12. The fraction of sp³-hybridized carbons (Fsp3) is 0.0769. The second-order valence-electron chi connectivity index (χ2n) is 4.03. The number of allylic oxidation sites excluding steroid dienone is 1. The molecule has 0 N–H and O–H groups in total. The van der Waals surface area contributed by atoms with E-state index < -0.39 is 0 Å². The number of carbonyl (C=O) groups is 1. The van der Waals surface area contributed by atoms with Gasteiger partial charge in [0.1, 0.15) is 5.69 Å². The van der Waals surface area contributed by atoms with Crippen LogP contribution in [0.3, 0.4) is 0 Å². The predicted molar refractivity (Wildman–Crippen MR) is 69.6 cm³/mol. The Morgan fingerprint density at radius 3 is 3.00 bits per heavy atom. The molecule has 3 aromatic rings. The Morgan fingerprint density at radius 2 is 2.21 bits per heavy atom. The quantitative estimate of drug-likeness (QED) is 0.522. The zero-order valence-corrected chi connectivity index (χ0v) is 10.3. The molecule has 94 valence electrons. The minimum atomic E-state index is -0.111. The van der Waals surface area contributed by atoms with Crippen LogP contribution in [0.25, 0.3) is 11.7 Å². The van der Waals surface area contributed by atoms with Crippen LogP contribution in [0, 0.1) is 0 Å². The third-order valence-electron chi connectivity index (χ3n) is 2.83. The molecule has 6 heteroatoms. The van der Waals surface area contributed by atoms with Gasteiger partial charge in [-0.1, -0.05) is 0 Å². The number of hydrogen-bond acceptors (Lipinski definition) is 4. The minimum absolute atomic E-state index is 0.111. The molecule has 0 saturated carbocycles. The lowest BCUT2D eigenvalue weighted by molar-refractivity contribution is 0.104. The highest BCUT2D eigenvalue weighted by Crippen LogP contribution is 2.07. The van der Waals surface area contributed by atoms with E-state index >= 15 is 0 Å². The Bertz CT molecular complexity index is 768. The first-order valence-electron chi connectivity index (χ1n) is 5.73. The van der Waals surface area contributed by atoms with Gasteiger partial charge in [-0.3, -0.25) is 18.9 Å². The average Bonchev–Trinajstić information content (AvgIpc) is 3.02. The number of imidazole rings is 1. The Balaban J connectivity index is 1.92. The van der Waals surface area contributed by atoms with Crippen molar-refractivity contribution in [3.63, 3.8) is 0 Å². The van der Waals surface area contributed by atoms with E-state index in [1.807, 2.05) is 13.1 Å². The maximum Gasteiger partial charge on any atom is 0.204 e. The molecule has 0 atom stereocenters. The maximum absolute atomic E-state index is 12.1. The summed E-state index contributed by atoms with van der Waals surface area (Å²) >= 11 is 0. The molecular formula is C13H11N5O. The van der Waals surface area contributed by atoms with Crippen molar-refractivity contribution in [3.05, 3.63) is 54.5 Å². The lowest BCUT2D eigenvalue weighted by atomic mass is 10.2. The van der Waals surface area contributed by atoms with Crippen LogP contribution < -0.4 is 0 Å². The highest BCUT2D eigenvalue weighted by Gasteiger charge is 2.08. The van der Waals surface area contributed by atoms with Gasteiger partial charge in [-0.25, -0.2) is 4.98 Å². The summed E-state index contributed by atoms with van der Waals surface area (Å²) < 4.78 is 3.41. The van der Waals surface area contributed by atoms with Crippen LogP contribution in [0.2, 0.25) is 0 Å². The first-order chi connectivity index (χ1) is 9.25. The van der Waals surface area contributed by atoms with Crippen LogP contribution in [-0.2, 0) is 7.05 Å². The third-order valence-corrected chi connectivity index (χ3v) is 2.83. The van der Waals surface area contributed by atoms with Crippen molar-refractivity contribution < 1.29 is 4.79 Å². The summed E-state index contributed by atoms with van der Waals surface area (Å²) in [7, 11) is 1.82. The number of rotatable bonds is 3. The molecule has 0 aliphatic rings. The zero-order chi connectivity index (χ0) is 13.2. The number of fused-ring (bicyclic) bond motifs is 1. The van der Waals surface area contributed by atoms with Gasteiger partial charge in [0.05, 0.1) is 18.1 Å². The summed E-state index contributed by atoms with van der Waals surface area (Å²) in [5.74, 6) is -0.111. The first kappa shape index (κ1) is 11.3. The molecule has 3 heterocycles. The summed E-state index contributed by atoms with van der Waals surface area (Å²) in [5, 5.41) is 4.04. The fourth-order valence-corrected chi connectivity index (χ4v) is 1.82. The minimum Gasteiger partial charge on any atom is -0.294 e. The van der Waals surface area contributed by atoms with E-state index in [2.05, 4.69) is 15.1 Å². The monoisotopic (exact) mass is 253 g/mol. The molecule has 0 spiro atoms. The predicted octanol–water partition coefficient (Wildman–Crippen LogP) is 1.36. The van der Waals surface area contributed by atoms with Crippen molar-refractivity contribution in [2.75, 3.05) is 0 Å². The van der Waals surface area contributed by atoms with Crippen molar-refractivity contribution in [1.29, 1.82) is 0 Å². The number of ketones is 1. The first-order valence-corrected chi connectivity index (χ1v) is 5.73. The normalized spacial score (nSPS) is 11.4. The largest absolute Gasteiger partial charge is 0.294 e. The molecule has 0 aromatic carbocycles. The van der Waals surface area contributed by atoms with E-state index in [1.165, 1.54) is 6.08 Å². The molecule has 0 saturated heterocycles. The van der Waals surface area contributed by atoms with Crippen LogP contribution in [-0.4, -0.2) is 29.9 Å². The molecule has 0 bridgehead atoms. The van der Waals surface area contributed by atoms with E-state index in [0.29, 0.717) is 11.3 Å². The molecule has 3 rings (SSSR count). The van der Waals surface area contributed by atoms with E-state index in [1.54, 1.807) is 46.1 Å². The summed E-state index contributed by atoms with van der Waals surface area (Å²) in [5.41, 5.74) is 2.03. The van der Waals surface area contributed by atoms with Gasteiger partial charge < -0.3 is 0 Å². The number of hydrogen-bond donors (Lipinski definition) is 0. The standard InChI is InChI=1S/C13H11N5O/c1-17-10(4-5-16-17)2-3-12(19)11-8-15-13-9-14-6-7-18(11)13/h2-9H,1H3/b3-2+. The van der Waals surface area contributed by atoms with Crippen LogP contribution in [0.5, 0.6) is 0 Å². The van der Waals surface area contributed by atoms with Gasteiger partial charge in [0.25, 0.3) is 0 Å². The Morgan fingerprint density at radius 1 is 1.32 bits per heavy atom. The highest BCUT2D eigenvalue weighted by molar-refractivity contribution is 6.05. The van der Waals surface area contributed by atoms with Crippen molar-refractivity contribution in [2.24, 2.45) is 7.05 Å². The van der Waals surface area contributed by atoms with Gasteiger partial charge in [0.2, 0.25) is 5.78 Å². The van der Waals surface area contributed by atoms with Gasteiger partial charge >= 0.3 is 0 Å². The van der Waals surface area contributed by atoms with Gasteiger partial charge in [0, 0.05) is 25.6 Å². The molecule has 0 radical (unpaired) electrons. The van der Waals surface area contributed by atoms with Gasteiger partial charge in [-0.05, 0) is 18.2 Å². The number of nitrogens with zero attached hydrogens (tertiary/aromatic N) is 5. The van der Waals surface area contributed by atoms with Crippen LogP contribution in [0.15, 0.2) is 43.1 Å². The van der Waals surface area contributed by atoms with E-state index in [-0.39, 0.29) is 5.78 Å². The van der Waals surface area contributed by atoms with Crippen molar-refractivity contribution in [2.45, 2.75) is 0 Å². The summed E-state index contributed by atoms with van der Waals surface area (Å²) in [6.45, 7) is 0. The maximum atomic E-state index is 12.1. The van der Waals surface area contributed by atoms with Crippen molar-refractivity contribution >= 4 is 17.5 Å². The zero-order valence-electron chi connectivity index (χ0n) is 10.3. The van der Waals surface area contributed by atoms with Crippen molar-refractivity contribution in [3.8, 4) is 0 Å². The highest BCUT2D eigenvalue weighted by atomic mass is 16.1. The van der Waals surface area contributed by atoms with Gasteiger partial charge in [-0.15, -0.1) is 0 Å². The summed E-state index contributed by atoms with van der Waals surface area (Å²) in [6, 6.07) is 1.84. The topological polar surface area (TPSA) is 65.1 Å². The van der Waals surface area contributed by atoms with E-state index in [4.69, 9.17) is 0 Å². The Hall–Kier alpha value is -2.76. The third kappa shape index (κ3) is 2.03. The second kappa shape index (κ2) is 4.49. The molecule has 0 fully saturated rings. The number of aryl methyl sites for hydroxylation is 1. The van der Waals surface area contributed by atoms with Gasteiger partial charge in [0.15, 0.2) is 5.65 Å². The average molecular weight is 253 g/mol. The van der Waals surface area contributed by atoms with Crippen LogP contribution in [0.4, 0.5) is 0 Å². The molecule has 19 heavy (non-hydrogen) atoms. The fourth-order valence-electron chi connectivity index (χ4n) is 1.82. The van der Waals surface area contributed by atoms with E-state index in [9.17, 15) is 4.79 Å². The molecule has 0 aliphatic heterocycles. The Labute approximate surface area is 109 Å². The lowest BCUT2D eigenvalue weighted by Gasteiger charge is -1.96. The molecule has 0 aliphatic carbocycles. The van der Waals surface area contributed by atoms with Crippen LogP contribution >= 0.6 is 0 Å². The number of aromatic nitrogens is 5. The molecule has 0 amide bonds. The lowest BCUT2D eigenvalue weighted by Crippen LogP contribution is -2.00. The number of carbonyl (C=O) groups excluding carboxylic acids is 1. The summed E-state index contributed by atoms with van der Waals surface area (Å²) in [6.07, 6.45) is 11.4. The van der Waals surface area contributed by atoms with E-state index in [0.717, 1.165) is 5.69 Å². The smallest absolute Gasteiger partial charge is 0.204 e.